The number of hydrogen-bond donors (Lipinski definition) is 1. The van der Waals surface area contributed by atoms with Crippen LogP contribution in [0.2, 0.25) is 0 Å². The maximum Gasteiger partial charge on any atom is 0.303 e. The topological polar surface area (TPSA) is 66.8 Å². The first kappa shape index (κ1) is 21.5. The summed E-state index contributed by atoms with van der Waals surface area (Å²) in [5.74, 6) is -0.437. The molecule has 2 aromatic rings. The molecule has 0 spiro atoms. The first-order valence-corrected chi connectivity index (χ1v) is 10.9. The summed E-state index contributed by atoms with van der Waals surface area (Å²) in [6, 6.07) is 15.5. The Labute approximate surface area is 186 Å². The maximum atomic E-state index is 12.7. The van der Waals surface area contributed by atoms with Crippen LogP contribution in [0.15, 0.2) is 57.9 Å². The first-order valence-electron chi connectivity index (χ1n) is 8.87. The number of rotatable bonds is 8. The van der Waals surface area contributed by atoms with Crippen molar-refractivity contribution in [2.45, 2.75) is 19.4 Å². The van der Waals surface area contributed by atoms with Gasteiger partial charge in [-0.1, -0.05) is 70.2 Å². The molecule has 0 atom stereocenters. The molecule has 8 heteroatoms. The lowest BCUT2D eigenvalue weighted by atomic mass is 10.1. The van der Waals surface area contributed by atoms with E-state index in [0.717, 1.165) is 15.6 Å². The van der Waals surface area contributed by atoms with E-state index in [-0.39, 0.29) is 12.3 Å². The monoisotopic (exact) mass is 491 g/mol. The first-order chi connectivity index (χ1) is 13.9. The molecule has 0 saturated carbocycles. The van der Waals surface area contributed by atoms with E-state index in [9.17, 15) is 9.59 Å². The van der Waals surface area contributed by atoms with E-state index in [2.05, 4.69) is 15.9 Å². The van der Waals surface area contributed by atoms with Crippen LogP contribution in [-0.4, -0.2) is 32.7 Å². The third kappa shape index (κ3) is 5.91. The molecule has 1 aliphatic heterocycles. The minimum atomic E-state index is -0.889. The Hall–Kier alpha value is -2.16. The summed E-state index contributed by atoms with van der Waals surface area (Å²) in [6.07, 6.45) is 2.12. The number of benzene rings is 2. The van der Waals surface area contributed by atoms with Gasteiger partial charge in [-0.05, 0) is 36.3 Å². The van der Waals surface area contributed by atoms with Gasteiger partial charge in [0.2, 0.25) is 0 Å². The Kier molecular flexibility index (Phi) is 7.46. The van der Waals surface area contributed by atoms with Crippen LogP contribution in [0.25, 0.3) is 6.08 Å². The van der Waals surface area contributed by atoms with Crippen molar-refractivity contribution in [3.8, 4) is 5.75 Å². The molecule has 1 fully saturated rings. The molecule has 2 aromatic carbocycles. The van der Waals surface area contributed by atoms with Crippen LogP contribution in [0.3, 0.4) is 0 Å². The summed E-state index contributed by atoms with van der Waals surface area (Å²) in [5.41, 5.74) is 1.81. The molecular weight excluding hydrogens is 474 g/mol. The van der Waals surface area contributed by atoms with Crippen molar-refractivity contribution < 1.29 is 19.4 Å². The number of amides is 1. The number of carboxylic acid groups (broad SMARTS) is 1. The number of carbonyl (C=O) groups is 2. The average molecular weight is 492 g/mol. The molecule has 1 saturated heterocycles. The molecule has 0 unspecified atom stereocenters. The zero-order valence-corrected chi connectivity index (χ0v) is 18.6. The molecule has 29 heavy (non-hydrogen) atoms. The highest BCUT2D eigenvalue weighted by molar-refractivity contribution is 9.10. The summed E-state index contributed by atoms with van der Waals surface area (Å²) in [6.45, 7) is 0.712. The number of aliphatic carboxylic acids is 1. The van der Waals surface area contributed by atoms with Crippen molar-refractivity contribution in [1.82, 2.24) is 4.90 Å². The van der Waals surface area contributed by atoms with Crippen molar-refractivity contribution in [2.24, 2.45) is 0 Å². The quantitative estimate of drug-likeness (QED) is 0.409. The van der Waals surface area contributed by atoms with Gasteiger partial charge in [0.15, 0.2) is 0 Å². The van der Waals surface area contributed by atoms with E-state index in [4.69, 9.17) is 22.1 Å². The number of ether oxygens (including phenoxy) is 1. The van der Waals surface area contributed by atoms with Gasteiger partial charge >= 0.3 is 5.97 Å². The Morgan fingerprint density at radius 1 is 1.24 bits per heavy atom. The predicted octanol–water partition coefficient (Wildman–Crippen LogP) is 5.09. The normalized spacial score (nSPS) is 15.2. The number of thioether (sulfide) groups is 1. The smallest absolute Gasteiger partial charge is 0.303 e. The maximum absolute atomic E-state index is 12.7. The van der Waals surface area contributed by atoms with Crippen molar-refractivity contribution in [2.75, 3.05) is 6.54 Å². The Balaban J connectivity index is 1.76. The second kappa shape index (κ2) is 10.0. The summed E-state index contributed by atoms with van der Waals surface area (Å²) >= 11 is 9.98. The van der Waals surface area contributed by atoms with Crippen LogP contribution in [0.5, 0.6) is 5.75 Å². The fourth-order valence-corrected chi connectivity index (χ4v) is 4.40. The van der Waals surface area contributed by atoms with Gasteiger partial charge in [0.05, 0.1) is 4.91 Å². The number of hydrogen-bond acceptors (Lipinski definition) is 5. The molecule has 0 aromatic heterocycles. The van der Waals surface area contributed by atoms with Gasteiger partial charge in [-0.25, -0.2) is 0 Å². The number of halogens is 1. The van der Waals surface area contributed by atoms with Crippen LogP contribution in [0, 0.1) is 0 Å². The molecular formula is C21H18BrNO4S2. The van der Waals surface area contributed by atoms with Crippen LogP contribution < -0.4 is 4.74 Å². The summed E-state index contributed by atoms with van der Waals surface area (Å²) in [7, 11) is 0. The van der Waals surface area contributed by atoms with Crippen molar-refractivity contribution in [1.29, 1.82) is 0 Å². The molecule has 1 amide bonds. The molecule has 1 aliphatic rings. The zero-order chi connectivity index (χ0) is 20.8. The van der Waals surface area contributed by atoms with Gasteiger partial charge in [-0.3, -0.25) is 14.5 Å². The standard InChI is InChI=1S/C21H18BrNO4S2/c22-16-8-9-17(27-13-14-5-2-1-3-6-14)15(11-16)12-18-20(26)23(21(28)29-18)10-4-7-19(24)25/h1-3,5-6,8-9,11-12H,4,7,10,13H2,(H,24,25)/b18-12-. The highest BCUT2D eigenvalue weighted by atomic mass is 79.9. The van der Waals surface area contributed by atoms with E-state index in [0.29, 0.717) is 34.5 Å². The number of nitrogens with zero attached hydrogens (tertiary/aromatic N) is 1. The highest BCUT2D eigenvalue weighted by Crippen LogP contribution is 2.35. The fraction of sp³-hybridized carbons (Fsp3) is 0.190. The average Bonchev–Trinajstić information content (AvgIpc) is 2.95. The van der Waals surface area contributed by atoms with Crippen LogP contribution in [0.4, 0.5) is 0 Å². The van der Waals surface area contributed by atoms with Gasteiger partial charge in [-0.2, -0.15) is 0 Å². The van der Waals surface area contributed by atoms with Gasteiger partial charge in [0, 0.05) is 23.0 Å². The minimum Gasteiger partial charge on any atom is -0.488 e. The second-order valence-electron chi connectivity index (χ2n) is 6.29. The van der Waals surface area contributed by atoms with E-state index >= 15 is 0 Å². The van der Waals surface area contributed by atoms with Crippen LogP contribution in [0.1, 0.15) is 24.0 Å². The Morgan fingerprint density at radius 2 is 2.00 bits per heavy atom. The van der Waals surface area contributed by atoms with Gasteiger partial charge < -0.3 is 9.84 Å². The number of carbonyl (C=O) groups excluding carboxylic acids is 1. The lowest BCUT2D eigenvalue weighted by Crippen LogP contribution is -2.29. The van der Waals surface area contributed by atoms with Crippen molar-refractivity contribution >= 4 is 62.2 Å². The summed E-state index contributed by atoms with van der Waals surface area (Å²) < 4.78 is 7.28. The SMILES string of the molecule is O=C(O)CCCN1C(=O)/C(=C/c2cc(Br)ccc2OCc2ccccc2)SC1=S. The fourth-order valence-electron chi connectivity index (χ4n) is 2.72. The van der Waals surface area contributed by atoms with E-state index < -0.39 is 5.97 Å². The largest absolute Gasteiger partial charge is 0.488 e. The van der Waals surface area contributed by atoms with Crippen LogP contribution in [-0.2, 0) is 16.2 Å². The Bertz CT molecular complexity index is 962. The molecule has 0 radical (unpaired) electrons. The molecule has 5 nitrogen and oxygen atoms in total. The molecule has 150 valence electrons. The molecule has 1 N–H and O–H groups in total. The lowest BCUT2D eigenvalue weighted by Gasteiger charge is -2.13. The van der Waals surface area contributed by atoms with Gasteiger partial charge in [0.25, 0.3) is 5.91 Å². The van der Waals surface area contributed by atoms with Crippen LogP contribution >= 0.6 is 39.9 Å². The van der Waals surface area contributed by atoms with E-state index in [1.54, 1.807) is 6.08 Å². The summed E-state index contributed by atoms with van der Waals surface area (Å²) in [5, 5.41) is 8.78. The number of carboxylic acids is 1. The van der Waals surface area contributed by atoms with Crippen molar-refractivity contribution in [3.05, 3.63) is 69.0 Å². The van der Waals surface area contributed by atoms with Gasteiger partial charge in [0.1, 0.15) is 16.7 Å². The molecule has 3 rings (SSSR count). The third-order valence-electron chi connectivity index (χ3n) is 4.14. The predicted molar refractivity (Wildman–Crippen MR) is 122 cm³/mol. The summed E-state index contributed by atoms with van der Waals surface area (Å²) in [4.78, 5) is 25.4. The highest BCUT2D eigenvalue weighted by Gasteiger charge is 2.31. The molecule has 0 bridgehead atoms. The third-order valence-corrected chi connectivity index (χ3v) is 6.01. The Morgan fingerprint density at radius 3 is 2.72 bits per heavy atom. The van der Waals surface area contributed by atoms with E-state index in [1.807, 2.05) is 48.5 Å². The lowest BCUT2D eigenvalue weighted by molar-refractivity contribution is -0.137. The molecule has 1 heterocycles. The minimum absolute atomic E-state index is 0.000780. The van der Waals surface area contributed by atoms with E-state index in [1.165, 1.54) is 16.7 Å². The second-order valence-corrected chi connectivity index (χ2v) is 8.88. The van der Waals surface area contributed by atoms with Crippen molar-refractivity contribution in [3.63, 3.8) is 0 Å². The zero-order valence-electron chi connectivity index (χ0n) is 15.3. The molecule has 0 aliphatic carbocycles. The number of thiocarbonyl (C=S) groups is 1. The van der Waals surface area contributed by atoms with Gasteiger partial charge in [-0.15, -0.1) is 0 Å².